The van der Waals surface area contributed by atoms with Crippen molar-refractivity contribution in [2.45, 2.75) is 22.6 Å². The predicted octanol–water partition coefficient (Wildman–Crippen LogP) is 3.83. The zero-order valence-corrected chi connectivity index (χ0v) is 20.3. The molecule has 2 amide bonds. The predicted molar refractivity (Wildman–Crippen MR) is 132 cm³/mol. The molecule has 0 radical (unpaired) electrons. The largest absolute Gasteiger partial charge is 0.508 e. The molecule has 6 unspecified atom stereocenters. The Hall–Kier alpha value is -3.04. The maximum absolute atomic E-state index is 13.7. The summed E-state index contributed by atoms with van der Waals surface area (Å²) < 4.78 is 5.23. The van der Waals surface area contributed by atoms with Crippen molar-refractivity contribution in [1.29, 1.82) is 0 Å². The van der Waals surface area contributed by atoms with Crippen LogP contribution in [0.4, 0.5) is 5.69 Å². The summed E-state index contributed by atoms with van der Waals surface area (Å²) in [6, 6.07) is 14.2. The van der Waals surface area contributed by atoms with Crippen molar-refractivity contribution in [3.8, 4) is 11.5 Å². The number of hydrogen-bond donors (Lipinski definition) is 2. The number of thioether (sulfide) groups is 1. The molecule has 7 nitrogen and oxygen atoms in total. The van der Waals surface area contributed by atoms with E-state index in [1.807, 2.05) is 12.1 Å². The fourth-order valence-electron chi connectivity index (χ4n) is 7.06. The number of phenolic OH excluding ortho intramolecular Hbond substituents is 1. The summed E-state index contributed by atoms with van der Waals surface area (Å²) in [5, 5.41) is 10.9. The molecule has 2 N–H and O–H groups in total. The van der Waals surface area contributed by atoms with E-state index in [-0.39, 0.29) is 63.2 Å². The average Bonchev–Trinajstić information content (AvgIpc) is 3.59. The Labute approximate surface area is 209 Å². The molecule has 0 spiro atoms. The molecule has 35 heavy (non-hydrogen) atoms. The minimum absolute atomic E-state index is 0.0466. The zero-order valence-electron chi connectivity index (χ0n) is 18.7. The Morgan fingerprint density at radius 2 is 1.66 bits per heavy atom. The molecule has 2 aliphatic heterocycles. The number of aromatic nitrogens is 1. The van der Waals surface area contributed by atoms with Gasteiger partial charge in [0.05, 0.1) is 29.7 Å². The number of fused-ring (bicyclic) bond motifs is 9. The van der Waals surface area contributed by atoms with Gasteiger partial charge in [0.2, 0.25) is 11.8 Å². The third-order valence-electron chi connectivity index (χ3n) is 8.31. The van der Waals surface area contributed by atoms with Crippen LogP contribution in [-0.4, -0.2) is 34.3 Å². The number of anilines is 1. The van der Waals surface area contributed by atoms with Gasteiger partial charge in [0.1, 0.15) is 11.5 Å². The molecule has 1 saturated heterocycles. The molecule has 2 aliphatic carbocycles. The molecule has 4 aliphatic rings. The van der Waals surface area contributed by atoms with Crippen LogP contribution in [0.25, 0.3) is 0 Å². The molecule has 2 bridgehead atoms. The molecule has 178 valence electrons. The number of carbonyl (C=O) groups excluding carboxylic acids is 2. The fraction of sp³-hybridized carbons (Fsp3) is 0.346. The molecule has 9 heteroatoms. The highest BCUT2D eigenvalue weighted by Crippen LogP contribution is 2.68. The van der Waals surface area contributed by atoms with Crippen molar-refractivity contribution < 1.29 is 19.4 Å². The van der Waals surface area contributed by atoms with Crippen molar-refractivity contribution in [1.82, 2.24) is 4.98 Å². The van der Waals surface area contributed by atoms with E-state index in [9.17, 15) is 19.5 Å². The average molecular weight is 507 g/mol. The van der Waals surface area contributed by atoms with Gasteiger partial charge in [0, 0.05) is 16.0 Å². The van der Waals surface area contributed by atoms with E-state index in [4.69, 9.17) is 4.74 Å². The molecule has 3 fully saturated rings. The summed E-state index contributed by atoms with van der Waals surface area (Å²) >= 11 is 2.91. The number of phenols is 1. The van der Waals surface area contributed by atoms with E-state index in [0.717, 1.165) is 21.9 Å². The van der Waals surface area contributed by atoms with Gasteiger partial charge in [-0.25, -0.2) is 0 Å². The summed E-state index contributed by atoms with van der Waals surface area (Å²) in [6.45, 7) is 0. The van der Waals surface area contributed by atoms with Crippen molar-refractivity contribution in [2.24, 2.45) is 29.6 Å². The third kappa shape index (κ3) is 2.88. The standard InChI is InChI=1S/C26H22N2O5S2/c1-33-14-8-4-12(5-9-14)28-24(30)19-15-10-16(20(19)25(28)31)21-18(15)17(11-2-6-13(29)7-3-11)22-23(34-21)27-26(32)35-22/h2-9,15-21,29H,10H2,1H3,(H,27,32)/t15?,16?,17-,18?,19?,20?,21?/m1/s1. The monoisotopic (exact) mass is 506 g/mol. The van der Waals surface area contributed by atoms with Gasteiger partial charge in [-0.1, -0.05) is 23.5 Å². The highest BCUT2D eigenvalue weighted by Gasteiger charge is 2.69. The van der Waals surface area contributed by atoms with Crippen LogP contribution in [0, 0.1) is 29.6 Å². The topological polar surface area (TPSA) is 99.7 Å². The highest BCUT2D eigenvalue weighted by molar-refractivity contribution is 8.00. The second-order valence-electron chi connectivity index (χ2n) is 9.76. The number of H-pyrrole nitrogens is 1. The Kier molecular flexibility index (Phi) is 4.54. The zero-order chi connectivity index (χ0) is 24.0. The molecule has 3 aromatic rings. The minimum atomic E-state index is -0.340. The number of ether oxygens (including phenoxy) is 1. The number of methoxy groups -OCH3 is 1. The number of rotatable bonds is 3. The molecular formula is C26H22N2O5S2. The fourth-order valence-corrected chi connectivity index (χ4v) is 9.95. The van der Waals surface area contributed by atoms with E-state index in [1.54, 1.807) is 55.3 Å². The lowest BCUT2D eigenvalue weighted by Crippen LogP contribution is -2.42. The van der Waals surface area contributed by atoms with Gasteiger partial charge in [-0.3, -0.25) is 19.3 Å². The third-order valence-corrected chi connectivity index (χ3v) is 10.9. The maximum atomic E-state index is 13.7. The molecule has 2 aromatic carbocycles. The number of amides is 2. The van der Waals surface area contributed by atoms with Crippen molar-refractivity contribution in [3.05, 3.63) is 68.6 Å². The van der Waals surface area contributed by atoms with Crippen molar-refractivity contribution in [2.75, 3.05) is 12.0 Å². The van der Waals surface area contributed by atoms with Crippen LogP contribution in [-0.2, 0) is 9.59 Å². The second kappa shape index (κ2) is 7.48. The Morgan fingerprint density at radius 1 is 0.971 bits per heavy atom. The van der Waals surface area contributed by atoms with E-state index in [1.165, 1.54) is 16.2 Å². The Morgan fingerprint density at radius 3 is 2.34 bits per heavy atom. The lowest BCUT2D eigenvalue weighted by Gasteiger charge is -2.43. The normalized spacial score (nSPS) is 32.5. The van der Waals surface area contributed by atoms with Crippen LogP contribution in [0.5, 0.6) is 11.5 Å². The van der Waals surface area contributed by atoms with Crippen LogP contribution in [0.1, 0.15) is 22.8 Å². The highest BCUT2D eigenvalue weighted by atomic mass is 32.2. The quantitative estimate of drug-likeness (QED) is 0.524. The summed E-state index contributed by atoms with van der Waals surface area (Å²) in [6.07, 6.45) is 0.847. The number of hydrogen-bond acceptors (Lipinski definition) is 7. The number of aromatic amines is 1. The van der Waals surface area contributed by atoms with Crippen molar-refractivity contribution >= 4 is 40.6 Å². The first kappa shape index (κ1) is 21.3. The van der Waals surface area contributed by atoms with E-state index in [2.05, 4.69) is 4.98 Å². The van der Waals surface area contributed by atoms with Gasteiger partial charge < -0.3 is 14.8 Å². The molecular weight excluding hydrogens is 484 g/mol. The lowest BCUT2D eigenvalue weighted by atomic mass is 9.68. The Bertz CT molecular complexity index is 1410. The van der Waals surface area contributed by atoms with Crippen LogP contribution in [0.3, 0.4) is 0 Å². The Balaban J connectivity index is 1.30. The van der Waals surface area contributed by atoms with E-state index in [0.29, 0.717) is 11.4 Å². The van der Waals surface area contributed by atoms with E-state index < -0.39 is 0 Å². The van der Waals surface area contributed by atoms with Gasteiger partial charge in [0.25, 0.3) is 0 Å². The van der Waals surface area contributed by atoms with Crippen LogP contribution in [0.2, 0.25) is 0 Å². The van der Waals surface area contributed by atoms with E-state index >= 15 is 0 Å². The minimum Gasteiger partial charge on any atom is -0.508 e. The van der Waals surface area contributed by atoms with Gasteiger partial charge >= 0.3 is 4.87 Å². The summed E-state index contributed by atoms with van der Waals surface area (Å²) in [4.78, 5) is 45.0. The number of carbonyl (C=O) groups is 2. The molecule has 1 aromatic heterocycles. The first-order valence-corrected chi connectivity index (χ1v) is 13.4. The first-order chi connectivity index (χ1) is 17.0. The lowest BCUT2D eigenvalue weighted by molar-refractivity contribution is -0.123. The first-order valence-electron chi connectivity index (χ1n) is 11.7. The number of nitrogens with one attached hydrogen (secondary N) is 1. The summed E-state index contributed by atoms with van der Waals surface area (Å²) in [7, 11) is 1.58. The van der Waals surface area contributed by atoms with Gasteiger partial charge in [-0.15, -0.1) is 11.8 Å². The number of aromatic hydroxyl groups is 1. The second-order valence-corrected chi connectivity index (χ2v) is 12.0. The van der Waals surface area contributed by atoms with Gasteiger partial charge in [0.15, 0.2) is 0 Å². The number of benzene rings is 2. The smallest absolute Gasteiger partial charge is 0.305 e. The summed E-state index contributed by atoms with van der Waals surface area (Å²) in [5.41, 5.74) is 1.62. The van der Waals surface area contributed by atoms with Crippen LogP contribution >= 0.6 is 23.1 Å². The molecule has 7 rings (SSSR count). The number of thiazole rings is 1. The van der Waals surface area contributed by atoms with Gasteiger partial charge in [-0.05, 0) is 66.1 Å². The molecule has 2 saturated carbocycles. The maximum Gasteiger partial charge on any atom is 0.305 e. The van der Waals surface area contributed by atoms with Crippen LogP contribution < -0.4 is 14.5 Å². The van der Waals surface area contributed by atoms with Crippen molar-refractivity contribution in [3.63, 3.8) is 0 Å². The van der Waals surface area contributed by atoms with Gasteiger partial charge in [-0.2, -0.15) is 0 Å². The SMILES string of the molecule is COc1ccc(N2C(=O)C3C4CC(C3C2=O)C2C4Sc3[nH]c(=O)sc3[C@@H]2c2ccc(O)cc2)cc1. The number of imide groups is 1. The molecule has 7 atom stereocenters. The number of nitrogens with zero attached hydrogens (tertiary/aromatic N) is 1. The van der Waals surface area contributed by atoms with Crippen LogP contribution in [0.15, 0.2) is 58.4 Å². The summed E-state index contributed by atoms with van der Waals surface area (Å²) in [5.74, 6) is 0.217. The molecule has 3 heterocycles.